The quantitative estimate of drug-likeness (QED) is 0.323. The maximum absolute atomic E-state index is 14.3. The van der Waals surface area contributed by atoms with Crippen LogP contribution < -0.4 is 10.2 Å². The molecule has 2 heterocycles. The van der Waals surface area contributed by atoms with E-state index >= 15 is 0 Å². The zero-order valence-corrected chi connectivity index (χ0v) is 21.1. The number of guanidine groups is 1. The summed E-state index contributed by atoms with van der Waals surface area (Å²) >= 11 is 0. The Bertz CT molecular complexity index is 1070. The van der Waals surface area contributed by atoms with Crippen molar-refractivity contribution in [3.8, 4) is 6.07 Å². The number of nitrogens with zero attached hydrogens (tertiary/aromatic N) is 4. The van der Waals surface area contributed by atoms with E-state index in [1.165, 1.54) is 11.6 Å². The number of nitrogens with one attached hydrogen (secondary N) is 1. The topological polar surface area (TPSA) is 71.7 Å². The van der Waals surface area contributed by atoms with Crippen molar-refractivity contribution in [1.82, 2.24) is 10.2 Å². The van der Waals surface area contributed by atoms with E-state index in [0.29, 0.717) is 36.0 Å². The Morgan fingerprint density at radius 2 is 2.12 bits per heavy atom. The number of carbonyl (C=O) groups is 1. The van der Waals surface area contributed by atoms with Gasteiger partial charge in [-0.1, -0.05) is 24.3 Å². The molecule has 2 aliphatic rings. The summed E-state index contributed by atoms with van der Waals surface area (Å²) in [6, 6.07) is 14.7. The number of para-hydroxylation sites is 1. The van der Waals surface area contributed by atoms with Crippen LogP contribution in [0.2, 0.25) is 0 Å². The van der Waals surface area contributed by atoms with Gasteiger partial charge in [0.15, 0.2) is 5.96 Å². The van der Waals surface area contributed by atoms with Crippen LogP contribution in [-0.4, -0.2) is 42.9 Å². The number of rotatable bonds is 6. The second kappa shape index (κ2) is 11.5. The summed E-state index contributed by atoms with van der Waals surface area (Å²) in [6.45, 7) is 5.29. The van der Waals surface area contributed by atoms with Crippen molar-refractivity contribution in [1.29, 1.82) is 5.26 Å². The largest absolute Gasteiger partial charge is 0.356 e. The van der Waals surface area contributed by atoms with Crippen LogP contribution in [0.5, 0.6) is 0 Å². The van der Waals surface area contributed by atoms with Crippen LogP contribution in [0.15, 0.2) is 47.5 Å². The molecular formula is C25H29FIN5O. The van der Waals surface area contributed by atoms with Crippen molar-refractivity contribution in [2.45, 2.75) is 38.6 Å². The molecule has 2 aromatic carbocycles. The van der Waals surface area contributed by atoms with Gasteiger partial charge in [0.05, 0.1) is 18.2 Å². The van der Waals surface area contributed by atoms with Gasteiger partial charge in [0.2, 0.25) is 5.91 Å². The first-order chi connectivity index (χ1) is 15.6. The van der Waals surface area contributed by atoms with Crippen molar-refractivity contribution in [3.63, 3.8) is 0 Å². The summed E-state index contributed by atoms with van der Waals surface area (Å²) < 4.78 is 14.3. The molecule has 0 bridgehead atoms. The number of anilines is 1. The number of benzene rings is 2. The van der Waals surface area contributed by atoms with Gasteiger partial charge < -0.3 is 15.1 Å². The molecule has 2 aromatic rings. The Kier molecular flexibility index (Phi) is 8.67. The average molecular weight is 561 g/mol. The third kappa shape index (κ3) is 5.64. The molecular weight excluding hydrogens is 532 g/mol. The number of halogens is 2. The number of hydrogen-bond donors (Lipinski definition) is 1. The highest BCUT2D eigenvalue weighted by molar-refractivity contribution is 14.0. The zero-order valence-electron chi connectivity index (χ0n) is 18.8. The fraction of sp³-hybridized carbons (Fsp3) is 0.400. The van der Waals surface area contributed by atoms with Crippen LogP contribution in [0.4, 0.5) is 10.1 Å². The van der Waals surface area contributed by atoms with E-state index in [0.717, 1.165) is 38.2 Å². The predicted octanol–water partition coefficient (Wildman–Crippen LogP) is 4.40. The van der Waals surface area contributed by atoms with Crippen molar-refractivity contribution in [2.75, 3.05) is 31.1 Å². The summed E-state index contributed by atoms with van der Waals surface area (Å²) in [5.41, 5.74) is 3.12. The molecule has 1 N–H and O–H groups in total. The van der Waals surface area contributed by atoms with Gasteiger partial charge in [0.25, 0.3) is 0 Å². The van der Waals surface area contributed by atoms with Gasteiger partial charge >= 0.3 is 0 Å². The van der Waals surface area contributed by atoms with Crippen LogP contribution in [0.25, 0.3) is 0 Å². The molecule has 1 saturated heterocycles. The van der Waals surface area contributed by atoms with Crippen molar-refractivity contribution >= 4 is 41.5 Å². The minimum atomic E-state index is -0.418. The van der Waals surface area contributed by atoms with Crippen LogP contribution in [0, 0.1) is 17.1 Å². The van der Waals surface area contributed by atoms with Gasteiger partial charge in [-0.2, -0.15) is 5.26 Å². The first-order valence-corrected chi connectivity index (χ1v) is 11.2. The van der Waals surface area contributed by atoms with Gasteiger partial charge in [-0.25, -0.2) is 9.38 Å². The molecule has 8 heteroatoms. The number of hydrogen-bond acceptors (Lipinski definition) is 3. The lowest BCUT2D eigenvalue weighted by atomic mass is 9.98. The average Bonchev–Trinajstić information content (AvgIpc) is 3.39. The van der Waals surface area contributed by atoms with Crippen molar-refractivity contribution in [3.05, 3.63) is 65.0 Å². The molecule has 0 spiro atoms. The summed E-state index contributed by atoms with van der Waals surface area (Å²) in [4.78, 5) is 20.9. The molecule has 0 aromatic heterocycles. The van der Waals surface area contributed by atoms with E-state index in [2.05, 4.69) is 22.3 Å². The van der Waals surface area contributed by atoms with Crippen molar-refractivity contribution < 1.29 is 9.18 Å². The number of amides is 1. The highest BCUT2D eigenvalue weighted by Gasteiger charge is 2.32. The third-order valence-electron chi connectivity index (χ3n) is 6.16. The normalized spacial score (nSPS) is 17.5. The highest BCUT2D eigenvalue weighted by Crippen LogP contribution is 2.38. The number of aliphatic imine (C=N–C) groups is 1. The Balaban J connectivity index is 0.00000306. The Labute approximate surface area is 211 Å². The van der Waals surface area contributed by atoms with E-state index in [9.17, 15) is 9.18 Å². The molecule has 1 atom stereocenters. The lowest BCUT2D eigenvalue weighted by molar-refractivity contribution is -0.127. The summed E-state index contributed by atoms with van der Waals surface area (Å²) in [5.74, 6) is 0.852. The number of likely N-dealkylation sites (tertiary alicyclic amines) is 1. The van der Waals surface area contributed by atoms with Crippen LogP contribution in [-0.2, 0) is 11.3 Å². The molecule has 6 nitrogen and oxygen atoms in total. The molecule has 0 radical (unpaired) electrons. The van der Waals surface area contributed by atoms with Gasteiger partial charge in [-0.3, -0.25) is 4.79 Å². The van der Waals surface area contributed by atoms with E-state index in [1.807, 2.05) is 30.0 Å². The monoisotopic (exact) mass is 561 g/mol. The van der Waals surface area contributed by atoms with E-state index in [-0.39, 0.29) is 36.4 Å². The number of carbonyl (C=O) groups excluding carboxylic acids is 1. The van der Waals surface area contributed by atoms with Crippen LogP contribution in [0.3, 0.4) is 0 Å². The van der Waals surface area contributed by atoms with E-state index in [4.69, 9.17) is 10.3 Å². The molecule has 2 aliphatic heterocycles. The molecule has 4 rings (SSSR count). The van der Waals surface area contributed by atoms with Gasteiger partial charge in [0, 0.05) is 49.8 Å². The lowest BCUT2D eigenvalue weighted by Crippen LogP contribution is -2.41. The maximum Gasteiger partial charge on any atom is 0.222 e. The van der Waals surface area contributed by atoms with Crippen LogP contribution >= 0.6 is 24.0 Å². The predicted molar refractivity (Wildman–Crippen MR) is 138 cm³/mol. The third-order valence-corrected chi connectivity index (χ3v) is 6.16. The summed E-state index contributed by atoms with van der Waals surface area (Å²) in [5, 5.41) is 12.3. The molecule has 1 amide bonds. The fourth-order valence-corrected chi connectivity index (χ4v) is 4.50. The minimum absolute atomic E-state index is 0. The van der Waals surface area contributed by atoms with E-state index < -0.39 is 5.82 Å². The summed E-state index contributed by atoms with van der Waals surface area (Å²) in [6.07, 6.45) is 2.52. The van der Waals surface area contributed by atoms with E-state index in [1.54, 1.807) is 12.1 Å². The minimum Gasteiger partial charge on any atom is -0.356 e. The Hall–Kier alpha value is -2.67. The highest BCUT2D eigenvalue weighted by atomic mass is 127. The fourth-order valence-electron chi connectivity index (χ4n) is 4.50. The molecule has 0 aliphatic carbocycles. The molecule has 1 fully saturated rings. The molecule has 33 heavy (non-hydrogen) atoms. The summed E-state index contributed by atoms with van der Waals surface area (Å²) in [7, 11) is 0. The van der Waals surface area contributed by atoms with Gasteiger partial charge in [-0.05, 0) is 43.5 Å². The second-order valence-electron chi connectivity index (χ2n) is 8.23. The maximum atomic E-state index is 14.3. The number of fused-ring (bicyclic) bond motifs is 1. The molecule has 174 valence electrons. The Morgan fingerprint density at radius 3 is 2.82 bits per heavy atom. The standard InChI is InChI=1S/C25H28FN5O.HI/c1-2-28-25(29-16-19-10-9-18(15-27)14-22(19)26)31-17-20(21-6-3-4-7-23(21)31)11-13-30-12-5-8-24(30)32;/h3-4,6-7,9-10,14,20H,2,5,8,11-13,16-17H2,1H3,(H,28,29);1H. The van der Waals surface area contributed by atoms with Gasteiger partial charge in [0.1, 0.15) is 5.82 Å². The van der Waals surface area contributed by atoms with Crippen molar-refractivity contribution in [2.24, 2.45) is 4.99 Å². The van der Waals surface area contributed by atoms with Gasteiger partial charge in [-0.15, -0.1) is 24.0 Å². The Morgan fingerprint density at radius 1 is 1.30 bits per heavy atom. The van der Waals surface area contributed by atoms with Crippen LogP contribution in [0.1, 0.15) is 48.8 Å². The second-order valence-corrected chi connectivity index (χ2v) is 8.23. The molecule has 0 saturated carbocycles. The zero-order chi connectivity index (χ0) is 22.5. The first kappa shape index (κ1) is 25.0. The molecule has 1 unspecified atom stereocenters. The smallest absolute Gasteiger partial charge is 0.222 e. The SMILES string of the molecule is CCNC(=NCc1ccc(C#N)cc1F)N1CC(CCN2CCCC2=O)c2ccccc21.I. The first-order valence-electron chi connectivity index (χ1n) is 11.2. The number of nitriles is 1. The lowest BCUT2D eigenvalue weighted by Gasteiger charge is -2.23.